The second kappa shape index (κ2) is 6.08. The lowest BCUT2D eigenvalue weighted by molar-refractivity contribution is -0.0666. The van der Waals surface area contributed by atoms with Crippen molar-refractivity contribution >= 4 is 11.6 Å². The SMILES string of the molecule is COCO[C@@H](C)c1ccc(CO)cc1Cl. The van der Waals surface area contributed by atoms with Gasteiger partial charge in [-0.2, -0.15) is 0 Å². The van der Waals surface area contributed by atoms with Gasteiger partial charge in [0.1, 0.15) is 6.79 Å². The summed E-state index contributed by atoms with van der Waals surface area (Å²) >= 11 is 6.05. The highest BCUT2D eigenvalue weighted by atomic mass is 35.5. The number of aliphatic hydroxyl groups excluding tert-OH is 1. The first-order chi connectivity index (χ1) is 7.19. The van der Waals surface area contributed by atoms with E-state index in [4.69, 9.17) is 26.2 Å². The highest BCUT2D eigenvalue weighted by Gasteiger charge is 2.10. The molecule has 0 fully saturated rings. The fourth-order valence-electron chi connectivity index (χ4n) is 1.26. The number of hydrogen-bond donors (Lipinski definition) is 1. The summed E-state index contributed by atoms with van der Waals surface area (Å²) in [5.74, 6) is 0. The second-order valence-corrected chi connectivity index (χ2v) is 3.64. The van der Waals surface area contributed by atoms with Gasteiger partial charge >= 0.3 is 0 Å². The van der Waals surface area contributed by atoms with E-state index in [0.717, 1.165) is 11.1 Å². The van der Waals surface area contributed by atoms with Gasteiger partial charge in [-0.3, -0.25) is 0 Å². The van der Waals surface area contributed by atoms with Gasteiger partial charge in [-0.05, 0) is 24.1 Å². The Bertz CT molecular complexity index is 315. The molecule has 0 bridgehead atoms. The number of ether oxygens (including phenoxy) is 2. The predicted octanol–water partition coefficient (Wildman–Crippen LogP) is 2.51. The number of aliphatic hydroxyl groups is 1. The van der Waals surface area contributed by atoms with E-state index in [1.807, 2.05) is 19.1 Å². The largest absolute Gasteiger partial charge is 0.392 e. The molecule has 0 spiro atoms. The Labute approximate surface area is 94.6 Å². The fraction of sp³-hybridized carbons (Fsp3) is 0.455. The zero-order valence-corrected chi connectivity index (χ0v) is 9.62. The molecule has 1 N–H and O–H groups in total. The highest BCUT2D eigenvalue weighted by Crippen LogP contribution is 2.26. The number of rotatable bonds is 5. The highest BCUT2D eigenvalue weighted by molar-refractivity contribution is 6.31. The minimum Gasteiger partial charge on any atom is -0.392 e. The first kappa shape index (κ1) is 12.5. The van der Waals surface area contributed by atoms with Gasteiger partial charge < -0.3 is 14.6 Å². The fourth-order valence-corrected chi connectivity index (χ4v) is 1.62. The molecule has 1 rings (SSSR count). The molecule has 15 heavy (non-hydrogen) atoms. The summed E-state index contributed by atoms with van der Waals surface area (Å²) in [6.45, 7) is 2.13. The molecular weight excluding hydrogens is 216 g/mol. The van der Waals surface area contributed by atoms with Gasteiger partial charge in [0.15, 0.2) is 0 Å². The van der Waals surface area contributed by atoms with Gasteiger partial charge in [0.25, 0.3) is 0 Å². The topological polar surface area (TPSA) is 38.7 Å². The number of benzene rings is 1. The molecule has 1 aromatic carbocycles. The third kappa shape index (κ3) is 3.47. The molecule has 0 aromatic heterocycles. The van der Waals surface area contributed by atoms with Crippen molar-refractivity contribution in [3.8, 4) is 0 Å². The molecule has 0 unspecified atom stereocenters. The van der Waals surface area contributed by atoms with Gasteiger partial charge in [0.2, 0.25) is 0 Å². The van der Waals surface area contributed by atoms with E-state index in [0.29, 0.717) is 5.02 Å². The molecule has 3 nitrogen and oxygen atoms in total. The van der Waals surface area contributed by atoms with Crippen LogP contribution < -0.4 is 0 Å². The molecule has 0 saturated heterocycles. The van der Waals surface area contributed by atoms with Crippen LogP contribution in [0.25, 0.3) is 0 Å². The van der Waals surface area contributed by atoms with E-state index in [9.17, 15) is 0 Å². The van der Waals surface area contributed by atoms with Crippen molar-refractivity contribution in [2.45, 2.75) is 19.6 Å². The average Bonchev–Trinajstić information content (AvgIpc) is 2.25. The Kier molecular flexibility index (Phi) is 5.05. The van der Waals surface area contributed by atoms with Gasteiger partial charge in [-0.15, -0.1) is 0 Å². The van der Waals surface area contributed by atoms with Gasteiger partial charge in [0, 0.05) is 12.1 Å². The van der Waals surface area contributed by atoms with Gasteiger partial charge in [-0.1, -0.05) is 23.7 Å². The zero-order valence-electron chi connectivity index (χ0n) is 8.87. The van der Waals surface area contributed by atoms with Crippen LogP contribution in [-0.2, 0) is 16.1 Å². The summed E-state index contributed by atoms with van der Waals surface area (Å²) in [4.78, 5) is 0. The third-order valence-electron chi connectivity index (χ3n) is 2.12. The summed E-state index contributed by atoms with van der Waals surface area (Å²) in [6, 6.07) is 5.42. The van der Waals surface area contributed by atoms with Crippen molar-refractivity contribution in [2.75, 3.05) is 13.9 Å². The predicted molar refractivity (Wildman–Crippen MR) is 58.8 cm³/mol. The maximum Gasteiger partial charge on any atom is 0.147 e. The summed E-state index contributed by atoms with van der Waals surface area (Å²) in [6.07, 6.45) is -0.120. The van der Waals surface area contributed by atoms with E-state index >= 15 is 0 Å². The third-order valence-corrected chi connectivity index (χ3v) is 2.45. The summed E-state index contributed by atoms with van der Waals surface area (Å²) < 4.78 is 10.2. The first-order valence-corrected chi connectivity index (χ1v) is 5.06. The Morgan fingerprint density at radius 1 is 1.47 bits per heavy atom. The lowest BCUT2D eigenvalue weighted by Crippen LogP contribution is -2.03. The monoisotopic (exact) mass is 230 g/mol. The second-order valence-electron chi connectivity index (χ2n) is 3.23. The Hall–Kier alpha value is -0.610. The van der Waals surface area contributed by atoms with Crippen LogP contribution in [0.15, 0.2) is 18.2 Å². The summed E-state index contributed by atoms with van der Waals surface area (Å²) in [5, 5.41) is 9.53. The van der Waals surface area contributed by atoms with E-state index in [1.165, 1.54) is 0 Å². The zero-order chi connectivity index (χ0) is 11.3. The van der Waals surface area contributed by atoms with Crippen molar-refractivity contribution in [1.82, 2.24) is 0 Å². The van der Waals surface area contributed by atoms with Crippen LogP contribution in [0.4, 0.5) is 0 Å². The van der Waals surface area contributed by atoms with Crippen molar-refractivity contribution in [3.05, 3.63) is 34.3 Å². The van der Waals surface area contributed by atoms with E-state index in [-0.39, 0.29) is 19.5 Å². The molecule has 1 aromatic rings. The van der Waals surface area contributed by atoms with Gasteiger partial charge in [-0.25, -0.2) is 0 Å². The van der Waals surface area contributed by atoms with Crippen molar-refractivity contribution in [3.63, 3.8) is 0 Å². The molecule has 0 aliphatic rings. The van der Waals surface area contributed by atoms with Gasteiger partial charge in [0.05, 0.1) is 12.7 Å². The maximum absolute atomic E-state index is 8.92. The van der Waals surface area contributed by atoms with Crippen LogP contribution in [0.5, 0.6) is 0 Å². The van der Waals surface area contributed by atoms with E-state index in [2.05, 4.69) is 0 Å². The number of methoxy groups -OCH3 is 1. The molecule has 0 aliphatic heterocycles. The van der Waals surface area contributed by atoms with Crippen LogP contribution in [0.2, 0.25) is 5.02 Å². The Morgan fingerprint density at radius 3 is 2.73 bits per heavy atom. The normalized spacial score (nSPS) is 12.8. The van der Waals surface area contributed by atoms with Crippen LogP contribution in [0.3, 0.4) is 0 Å². The molecule has 1 atom stereocenters. The molecule has 0 heterocycles. The summed E-state index contributed by atoms with van der Waals surface area (Å²) in [7, 11) is 1.57. The van der Waals surface area contributed by atoms with Crippen LogP contribution in [0, 0.1) is 0 Å². The number of hydrogen-bond acceptors (Lipinski definition) is 3. The number of halogens is 1. The van der Waals surface area contributed by atoms with Crippen molar-refractivity contribution < 1.29 is 14.6 Å². The van der Waals surface area contributed by atoms with Crippen molar-refractivity contribution in [1.29, 1.82) is 0 Å². The Morgan fingerprint density at radius 2 is 2.20 bits per heavy atom. The van der Waals surface area contributed by atoms with Crippen LogP contribution in [0.1, 0.15) is 24.2 Å². The smallest absolute Gasteiger partial charge is 0.147 e. The summed E-state index contributed by atoms with van der Waals surface area (Å²) in [5.41, 5.74) is 1.69. The molecular formula is C11H15ClO3. The molecule has 84 valence electrons. The molecule has 0 amide bonds. The lowest BCUT2D eigenvalue weighted by Gasteiger charge is -2.14. The Balaban J connectivity index is 2.76. The lowest BCUT2D eigenvalue weighted by atomic mass is 10.1. The van der Waals surface area contributed by atoms with E-state index < -0.39 is 0 Å². The van der Waals surface area contributed by atoms with Crippen LogP contribution in [-0.4, -0.2) is 19.0 Å². The first-order valence-electron chi connectivity index (χ1n) is 4.68. The molecule has 0 saturated carbocycles. The molecule has 0 radical (unpaired) electrons. The maximum atomic E-state index is 8.92. The quantitative estimate of drug-likeness (QED) is 0.790. The minimum absolute atomic E-state index is 0.00664. The molecule has 0 aliphatic carbocycles. The van der Waals surface area contributed by atoms with E-state index in [1.54, 1.807) is 13.2 Å². The van der Waals surface area contributed by atoms with Crippen molar-refractivity contribution in [2.24, 2.45) is 0 Å². The average molecular weight is 231 g/mol. The minimum atomic E-state index is -0.120. The standard InChI is InChI=1S/C11H15ClO3/c1-8(15-7-14-2)10-4-3-9(6-13)5-11(10)12/h3-5,8,13H,6-7H2,1-2H3/t8-/m0/s1. The van der Waals surface area contributed by atoms with Crippen LogP contribution >= 0.6 is 11.6 Å². The molecule has 4 heteroatoms.